The van der Waals surface area contributed by atoms with Crippen molar-refractivity contribution in [3.8, 4) is 0 Å². The van der Waals surface area contributed by atoms with Crippen LogP contribution in [-0.2, 0) is 29.3 Å². The highest BCUT2D eigenvalue weighted by Crippen LogP contribution is 2.39. The van der Waals surface area contributed by atoms with Crippen LogP contribution in [0.4, 0.5) is 0 Å². The van der Waals surface area contributed by atoms with Crippen LogP contribution in [0, 0.1) is 0 Å². The highest BCUT2D eigenvalue weighted by atomic mass is 17.3. The van der Waals surface area contributed by atoms with Gasteiger partial charge in [0.05, 0.1) is 0 Å². The van der Waals surface area contributed by atoms with E-state index < -0.39 is 0 Å². The van der Waals surface area contributed by atoms with Crippen LogP contribution in [0.25, 0.3) is 0 Å². The first-order chi connectivity index (χ1) is 16.7. The van der Waals surface area contributed by atoms with Crippen molar-refractivity contribution in [1.82, 2.24) is 10.1 Å². The van der Waals surface area contributed by atoms with Gasteiger partial charge >= 0.3 is 11.9 Å². The van der Waals surface area contributed by atoms with E-state index in [0.29, 0.717) is 12.8 Å². The fourth-order valence-electron chi connectivity index (χ4n) is 5.84. The second kappa shape index (κ2) is 13.0. The van der Waals surface area contributed by atoms with Crippen LogP contribution >= 0.6 is 0 Å². The summed E-state index contributed by atoms with van der Waals surface area (Å²) in [5.74, 6) is -0.648. The lowest BCUT2D eigenvalue weighted by atomic mass is 9.82. The summed E-state index contributed by atoms with van der Waals surface area (Å²) in [6, 6.07) is 0. The van der Waals surface area contributed by atoms with Crippen LogP contribution in [0.15, 0.2) is 0 Å². The monoisotopic (exact) mass is 512 g/mol. The van der Waals surface area contributed by atoms with Gasteiger partial charge < -0.3 is 0 Å². The zero-order valence-corrected chi connectivity index (χ0v) is 24.2. The molecule has 0 amide bonds. The summed E-state index contributed by atoms with van der Waals surface area (Å²) in [6.45, 7) is 16.9. The predicted octanol–water partition coefficient (Wildman–Crippen LogP) is 6.97. The predicted molar refractivity (Wildman–Crippen MR) is 139 cm³/mol. The second-order valence-corrected chi connectivity index (χ2v) is 13.2. The van der Waals surface area contributed by atoms with Crippen LogP contribution < -0.4 is 0 Å². The third-order valence-corrected chi connectivity index (χ3v) is 7.77. The van der Waals surface area contributed by atoms with Gasteiger partial charge in [0, 0.05) is 35.0 Å². The van der Waals surface area contributed by atoms with E-state index >= 15 is 0 Å². The molecule has 8 nitrogen and oxygen atoms in total. The maximum Gasteiger partial charge on any atom is 0.344 e. The Hall–Kier alpha value is -1.22. The second-order valence-electron chi connectivity index (χ2n) is 13.2. The summed E-state index contributed by atoms with van der Waals surface area (Å²) in [6.07, 6.45) is 12.5. The Labute approximate surface area is 219 Å². The summed E-state index contributed by atoms with van der Waals surface area (Å²) in [5, 5.41) is 3.68. The Morgan fingerprint density at radius 3 is 1.11 bits per heavy atom. The van der Waals surface area contributed by atoms with Gasteiger partial charge in [0.25, 0.3) is 0 Å². The zero-order chi connectivity index (χ0) is 27.0. The van der Waals surface area contributed by atoms with E-state index in [1.807, 2.05) is 10.1 Å². The number of hydrogen-bond donors (Lipinski definition) is 0. The van der Waals surface area contributed by atoms with Crippen molar-refractivity contribution in [2.45, 2.75) is 167 Å². The number of hydrogen-bond acceptors (Lipinski definition) is 8. The van der Waals surface area contributed by atoms with Gasteiger partial charge in [-0.2, -0.15) is 0 Å². The zero-order valence-electron chi connectivity index (χ0n) is 24.2. The third kappa shape index (κ3) is 9.26. The normalized spacial score (nSPS) is 23.2. The summed E-state index contributed by atoms with van der Waals surface area (Å²) in [5.41, 5.74) is -0.661. The molecule has 0 aromatic heterocycles. The molecular formula is C28H52N2O6. The summed E-state index contributed by atoms with van der Waals surface area (Å²) >= 11 is 0. The largest absolute Gasteiger partial charge is 0.344 e. The van der Waals surface area contributed by atoms with Crippen molar-refractivity contribution in [3.05, 3.63) is 0 Å². The van der Waals surface area contributed by atoms with Crippen LogP contribution in [0.3, 0.4) is 0 Å². The summed E-state index contributed by atoms with van der Waals surface area (Å²) < 4.78 is 0. The van der Waals surface area contributed by atoms with Crippen LogP contribution in [0.2, 0.25) is 0 Å². The van der Waals surface area contributed by atoms with Gasteiger partial charge in [0.1, 0.15) is 0 Å². The molecule has 210 valence electrons. The number of carbonyl (C=O) groups excluding carboxylic acids is 2. The van der Waals surface area contributed by atoms with E-state index in [4.69, 9.17) is 19.8 Å². The number of piperidine rings is 2. The molecule has 0 saturated carbocycles. The number of unbranched alkanes of at least 4 members (excludes halogenated alkanes) is 5. The molecule has 0 aromatic rings. The maximum absolute atomic E-state index is 12.1. The minimum Gasteiger partial charge on any atom is -0.280 e. The van der Waals surface area contributed by atoms with Gasteiger partial charge in [-0.25, -0.2) is 9.59 Å². The lowest BCUT2D eigenvalue weighted by Crippen LogP contribution is -2.58. The topological polar surface area (TPSA) is 77.5 Å². The fraction of sp³-hybridized carbons (Fsp3) is 0.929. The highest BCUT2D eigenvalue weighted by Gasteiger charge is 2.45. The van der Waals surface area contributed by atoms with Crippen LogP contribution in [0.1, 0.15) is 145 Å². The third-order valence-electron chi connectivity index (χ3n) is 7.77. The van der Waals surface area contributed by atoms with Gasteiger partial charge in [0.15, 0.2) is 0 Å². The Morgan fingerprint density at radius 2 is 0.806 bits per heavy atom. The van der Waals surface area contributed by atoms with E-state index in [1.165, 1.54) is 0 Å². The molecule has 0 aromatic carbocycles. The van der Waals surface area contributed by atoms with Gasteiger partial charge in [-0.1, -0.05) is 35.7 Å². The van der Waals surface area contributed by atoms with Gasteiger partial charge in [-0.15, -0.1) is 10.1 Å². The van der Waals surface area contributed by atoms with E-state index in [2.05, 4.69) is 55.4 Å². The molecular weight excluding hydrogens is 460 g/mol. The first-order valence-corrected chi connectivity index (χ1v) is 14.0. The molecule has 2 aliphatic rings. The minimum absolute atomic E-state index is 0.165. The molecule has 0 N–H and O–H groups in total. The molecule has 2 saturated heterocycles. The molecule has 0 bridgehead atoms. The molecule has 0 radical (unpaired) electrons. The molecule has 2 aliphatic heterocycles. The number of nitrogens with zero attached hydrogens (tertiary/aromatic N) is 2. The van der Waals surface area contributed by atoms with Gasteiger partial charge in [0.2, 0.25) is 0 Å². The molecule has 0 spiro atoms. The van der Waals surface area contributed by atoms with E-state index in [1.54, 1.807) is 0 Å². The number of carbonyl (C=O) groups is 2. The van der Waals surface area contributed by atoms with Gasteiger partial charge in [-0.3, -0.25) is 9.78 Å². The van der Waals surface area contributed by atoms with Crippen molar-refractivity contribution < 1.29 is 29.3 Å². The molecule has 0 atom stereocenters. The molecule has 0 unspecified atom stereocenters. The Bertz CT molecular complexity index is 627. The SMILES string of the molecule is CC1(C)CCCC(C)(C)N1OOC(=O)CCCCCCCCC(=O)OON1C(C)(C)CCCC1(C)C. The van der Waals surface area contributed by atoms with Crippen molar-refractivity contribution in [3.63, 3.8) is 0 Å². The fourth-order valence-corrected chi connectivity index (χ4v) is 5.84. The standard InChI is InChI=1S/C28H52N2O6/c1-25(2)19-15-20-26(3,4)29(25)35-33-23(31)17-13-11-9-10-12-14-18-24(32)34-36-30-27(5,6)21-16-22-28(30,7)8/h9-22H2,1-8H3. The molecule has 2 heterocycles. The van der Waals surface area contributed by atoms with Crippen molar-refractivity contribution in [2.75, 3.05) is 0 Å². The summed E-state index contributed by atoms with van der Waals surface area (Å²) in [7, 11) is 0. The lowest BCUT2D eigenvalue weighted by molar-refractivity contribution is -0.450. The summed E-state index contributed by atoms with van der Waals surface area (Å²) in [4.78, 5) is 45.6. The maximum atomic E-state index is 12.1. The molecule has 0 aliphatic carbocycles. The Kier molecular flexibility index (Phi) is 11.2. The lowest BCUT2D eigenvalue weighted by Gasteiger charge is -2.49. The number of rotatable bonds is 13. The smallest absolute Gasteiger partial charge is 0.280 e. The van der Waals surface area contributed by atoms with Crippen LogP contribution in [-0.4, -0.2) is 44.2 Å². The molecule has 2 rings (SSSR count). The average Bonchev–Trinajstić information content (AvgIpc) is 2.73. The van der Waals surface area contributed by atoms with Crippen molar-refractivity contribution in [2.24, 2.45) is 0 Å². The Morgan fingerprint density at radius 1 is 0.528 bits per heavy atom. The molecule has 2 fully saturated rings. The first-order valence-electron chi connectivity index (χ1n) is 14.0. The highest BCUT2D eigenvalue weighted by molar-refractivity contribution is 5.68. The molecule has 8 heteroatoms. The van der Waals surface area contributed by atoms with Crippen molar-refractivity contribution in [1.29, 1.82) is 0 Å². The van der Waals surface area contributed by atoms with E-state index in [-0.39, 0.29) is 34.1 Å². The quantitative estimate of drug-likeness (QED) is 0.149. The molecule has 36 heavy (non-hydrogen) atoms. The average molecular weight is 513 g/mol. The van der Waals surface area contributed by atoms with Gasteiger partial charge in [-0.05, 0) is 107 Å². The van der Waals surface area contributed by atoms with Crippen molar-refractivity contribution >= 4 is 11.9 Å². The first kappa shape index (κ1) is 31.0. The van der Waals surface area contributed by atoms with Crippen LogP contribution in [0.5, 0.6) is 0 Å². The van der Waals surface area contributed by atoms with E-state index in [9.17, 15) is 9.59 Å². The minimum atomic E-state index is -0.324. The number of hydroxylamine groups is 4. The Balaban J connectivity index is 1.51. The van der Waals surface area contributed by atoms with E-state index in [0.717, 1.165) is 77.0 Å².